The lowest BCUT2D eigenvalue weighted by Gasteiger charge is -2.32. The van der Waals surface area contributed by atoms with Crippen LogP contribution in [0.1, 0.15) is 26.3 Å². The fourth-order valence-corrected chi connectivity index (χ4v) is 4.32. The molecule has 0 fully saturated rings. The van der Waals surface area contributed by atoms with Gasteiger partial charge >= 0.3 is 0 Å². The van der Waals surface area contributed by atoms with Crippen molar-refractivity contribution in [2.75, 3.05) is 24.2 Å². The van der Waals surface area contributed by atoms with E-state index in [2.05, 4.69) is 5.32 Å². The number of hydrogen-bond acceptors (Lipinski definition) is 5. The molecule has 0 saturated carbocycles. The van der Waals surface area contributed by atoms with Crippen LogP contribution in [0.2, 0.25) is 5.02 Å². The van der Waals surface area contributed by atoms with E-state index >= 15 is 0 Å². The van der Waals surface area contributed by atoms with Crippen molar-refractivity contribution >= 4 is 39.1 Å². The molecule has 0 spiro atoms. The quantitative estimate of drug-likeness (QED) is 0.526. The van der Waals surface area contributed by atoms with Crippen molar-refractivity contribution in [3.8, 4) is 5.75 Å². The van der Waals surface area contributed by atoms with Gasteiger partial charge in [-0.2, -0.15) is 0 Å². The summed E-state index contributed by atoms with van der Waals surface area (Å²) in [5.41, 5.74) is 0.338. The first-order valence-electron chi connectivity index (χ1n) is 10.5. The third-order valence-corrected chi connectivity index (χ3v) is 6.44. The number of hydrogen-bond donors (Lipinski definition) is 1. The van der Waals surface area contributed by atoms with Crippen molar-refractivity contribution in [1.82, 2.24) is 10.2 Å². The highest BCUT2D eigenvalue weighted by Gasteiger charge is 2.31. The second-order valence-electron chi connectivity index (χ2n) is 8.04. The van der Waals surface area contributed by atoms with E-state index < -0.39 is 40.2 Å². The molecule has 2 aromatic rings. The summed E-state index contributed by atoms with van der Waals surface area (Å²) in [4.78, 5) is 27.2. The Morgan fingerprint density at radius 3 is 2.32 bits per heavy atom. The molecule has 0 aliphatic rings. The lowest BCUT2D eigenvalue weighted by Crippen LogP contribution is -2.52. The minimum absolute atomic E-state index is 0.145. The Morgan fingerprint density at radius 1 is 1.15 bits per heavy atom. The molecule has 0 bridgehead atoms. The summed E-state index contributed by atoms with van der Waals surface area (Å²) in [5.74, 6) is -1.34. The molecular weight excluding hydrogens is 485 g/mol. The van der Waals surface area contributed by atoms with E-state index in [1.165, 1.54) is 50.4 Å². The first-order valence-corrected chi connectivity index (χ1v) is 12.7. The van der Waals surface area contributed by atoms with Gasteiger partial charge in [0.1, 0.15) is 24.2 Å². The van der Waals surface area contributed by atoms with Crippen LogP contribution >= 0.6 is 11.6 Å². The molecule has 0 aliphatic carbocycles. The van der Waals surface area contributed by atoms with Crippen molar-refractivity contribution in [3.63, 3.8) is 0 Å². The molecule has 2 amide bonds. The molecule has 0 radical (unpaired) electrons. The van der Waals surface area contributed by atoms with Crippen LogP contribution in [0.15, 0.2) is 42.5 Å². The monoisotopic (exact) mass is 513 g/mol. The molecule has 1 N–H and O–H groups in total. The summed E-state index contributed by atoms with van der Waals surface area (Å²) in [6.07, 6.45) is 0.953. The van der Waals surface area contributed by atoms with E-state index in [1.807, 2.05) is 0 Å². The van der Waals surface area contributed by atoms with Crippen LogP contribution in [0.5, 0.6) is 5.75 Å². The topological polar surface area (TPSA) is 96.0 Å². The van der Waals surface area contributed by atoms with Crippen LogP contribution in [0, 0.1) is 5.82 Å². The zero-order chi connectivity index (χ0) is 25.6. The maximum absolute atomic E-state index is 14.3. The number of carbonyl (C=O) groups is 2. The molecule has 1 atom stereocenters. The van der Waals surface area contributed by atoms with Gasteiger partial charge in [-0.05, 0) is 45.0 Å². The Bertz CT molecular complexity index is 1140. The highest BCUT2D eigenvalue weighted by Crippen LogP contribution is 2.30. The fraction of sp³-hybridized carbons (Fsp3) is 0.391. The maximum Gasteiger partial charge on any atom is 0.244 e. The summed E-state index contributed by atoms with van der Waals surface area (Å²) >= 11 is 6.15. The third kappa shape index (κ3) is 7.07. The van der Waals surface area contributed by atoms with Gasteiger partial charge in [0.2, 0.25) is 21.8 Å². The Kier molecular flexibility index (Phi) is 9.29. The predicted molar refractivity (Wildman–Crippen MR) is 130 cm³/mol. The number of ether oxygens (including phenoxy) is 1. The summed E-state index contributed by atoms with van der Waals surface area (Å²) in [7, 11) is -2.50. The summed E-state index contributed by atoms with van der Waals surface area (Å²) < 4.78 is 45.4. The standard InChI is InChI=1S/C23H29ClFN3O5S/c1-15(2)26-23(30)16(3)27(13-17-8-6-7-9-20(17)25)22(29)14-28(34(5,31)32)18-10-11-21(33-4)19(24)12-18/h6-12,15-16H,13-14H2,1-5H3,(H,26,30)/t16-/m1/s1. The highest BCUT2D eigenvalue weighted by atomic mass is 35.5. The number of sulfonamides is 1. The van der Waals surface area contributed by atoms with Crippen molar-refractivity contribution < 1.29 is 27.1 Å². The number of nitrogens with one attached hydrogen (secondary N) is 1. The molecule has 186 valence electrons. The smallest absolute Gasteiger partial charge is 0.244 e. The molecule has 0 unspecified atom stereocenters. The van der Waals surface area contributed by atoms with E-state index in [4.69, 9.17) is 16.3 Å². The van der Waals surface area contributed by atoms with Gasteiger partial charge in [-0.1, -0.05) is 29.8 Å². The van der Waals surface area contributed by atoms with Gasteiger partial charge in [0.05, 0.1) is 24.1 Å². The zero-order valence-electron chi connectivity index (χ0n) is 19.7. The molecule has 11 heteroatoms. The van der Waals surface area contributed by atoms with E-state index in [-0.39, 0.29) is 28.9 Å². The molecule has 0 heterocycles. The maximum atomic E-state index is 14.3. The zero-order valence-corrected chi connectivity index (χ0v) is 21.3. The molecule has 0 aromatic heterocycles. The third-order valence-electron chi connectivity index (χ3n) is 5.00. The first kappa shape index (κ1) is 27.4. The van der Waals surface area contributed by atoms with Crippen molar-refractivity contribution in [2.24, 2.45) is 0 Å². The SMILES string of the molecule is COc1ccc(N(CC(=O)N(Cc2ccccc2F)[C@H](C)C(=O)NC(C)C)S(C)(=O)=O)cc1Cl. The molecule has 8 nitrogen and oxygen atoms in total. The molecule has 0 aliphatic heterocycles. The van der Waals surface area contributed by atoms with Crippen LogP contribution < -0.4 is 14.4 Å². The van der Waals surface area contributed by atoms with Gasteiger partial charge < -0.3 is 15.0 Å². The Morgan fingerprint density at radius 2 is 1.79 bits per heavy atom. The number of anilines is 1. The number of benzene rings is 2. The number of carbonyl (C=O) groups excluding carboxylic acids is 2. The normalized spacial score (nSPS) is 12.2. The van der Waals surface area contributed by atoms with Gasteiger partial charge in [0, 0.05) is 18.2 Å². The second-order valence-corrected chi connectivity index (χ2v) is 10.4. The largest absolute Gasteiger partial charge is 0.495 e. The van der Waals surface area contributed by atoms with Crippen LogP contribution in [-0.2, 0) is 26.2 Å². The number of amides is 2. The number of rotatable bonds is 10. The minimum Gasteiger partial charge on any atom is -0.495 e. The number of methoxy groups -OCH3 is 1. The van der Waals surface area contributed by atoms with E-state index in [0.29, 0.717) is 5.75 Å². The van der Waals surface area contributed by atoms with Crippen LogP contribution in [0.3, 0.4) is 0 Å². The molecular formula is C23H29ClFN3O5S. The molecule has 2 rings (SSSR count). The first-order chi connectivity index (χ1) is 15.8. The average Bonchev–Trinajstić information content (AvgIpc) is 2.75. The Balaban J connectivity index is 2.43. The Labute approximate surface area is 204 Å². The van der Waals surface area contributed by atoms with Crippen LogP contribution in [-0.4, -0.2) is 57.1 Å². The van der Waals surface area contributed by atoms with Crippen LogP contribution in [0.4, 0.5) is 10.1 Å². The number of halogens is 2. The number of nitrogens with zero attached hydrogens (tertiary/aromatic N) is 2. The van der Waals surface area contributed by atoms with E-state index in [0.717, 1.165) is 15.5 Å². The fourth-order valence-electron chi connectivity index (χ4n) is 3.22. The minimum atomic E-state index is -3.92. The summed E-state index contributed by atoms with van der Waals surface area (Å²) in [6, 6.07) is 9.00. The van der Waals surface area contributed by atoms with Gasteiger partial charge in [-0.25, -0.2) is 12.8 Å². The molecule has 0 saturated heterocycles. The lowest BCUT2D eigenvalue weighted by molar-refractivity contribution is -0.139. The molecule has 34 heavy (non-hydrogen) atoms. The van der Waals surface area contributed by atoms with E-state index in [1.54, 1.807) is 19.9 Å². The van der Waals surface area contributed by atoms with Crippen LogP contribution in [0.25, 0.3) is 0 Å². The predicted octanol–water partition coefficient (Wildman–Crippen LogP) is 3.20. The molecule has 2 aromatic carbocycles. The van der Waals surface area contributed by atoms with Crippen molar-refractivity contribution in [2.45, 2.75) is 39.4 Å². The summed E-state index contributed by atoms with van der Waals surface area (Å²) in [6.45, 7) is 4.21. The van der Waals surface area contributed by atoms with Gasteiger partial charge in [0.15, 0.2) is 0 Å². The van der Waals surface area contributed by atoms with Crippen molar-refractivity contribution in [3.05, 3.63) is 58.9 Å². The highest BCUT2D eigenvalue weighted by molar-refractivity contribution is 7.92. The van der Waals surface area contributed by atoms with Gasteiger partial charge in [0.25, 0.3) is 0 Å². The Hall–Kier alpha value is -2.85. The summed E-state index contributed by atoms with van der Waals surface area (Å²) in [5, 5.41) is 2.88. The average molecular weight is 514 g/mol. The second kappa shape index (κ2) is 11.5. The van der Waals surface area contributed by atoms with Crippen molar-refractivity contribution in [1.29, 1.82) is 0 Å². The van der Waals surface area contributed by atoms with Gasteiger partial charge in [-0.3, -0.25) is 13.9 Å². The van der Waals surface area contributed by atoms with E-state index in [9.17, 15) is 22.4 Å². The van der Waals surface area contributed by atoms with Gasteiger partial charge in [-0.15, -0.1) is 0 Å². The lowest BCUT2D eigenvalue weighted by atomic mass is 10.1.